The second kappa shape index (κ2) is 3.84. The third-order valence-electron chi connectivity index (χ3n) is 2.15. The first-order valence-corrected chi connectivity index (χ1v) is 4.98. The Bertz CT molecular complexity index is 398. The lowest BCUT2D eigenvalue weighted by molar-refractivity contribution is -0.115. The van der Waals surface area contributed by atoms with Crippen LogP contribution in [0.1, 0.15) is 11.1 Å². The standard InChI is InChI=1S/C11H10ClNO/c12-5-1-2-8-3-4-10-9(6-8)7-11(14)13-10/h1-4,6H,5,7H2,(H,13,14). The summed E-state index contributed by atoms with van der Waals surface area (Å²) in [4.78, 5) is 11.1. The number of amides is 1. The fourth-order valence-corrected chi connectivity index (χ4v) is 1.62. The van der Waals surface area contributed by atoms with Gasteiger partial charge in [-0.2, -0.15) is 0 Å². The van der Waals surface area contributed by atoms with Gasteiger partial charge in [0.15, 0.2) is 0 Å². The van der Waals surface area contributed by atoms with Crippen molar-refractivity contribution in [1.29, 1.82) is 0 Å². The number of hydrogen-bond acceptors (Lipinski definition) is 1. The molecule has 1 aromatic rings. The molecule has 0 saturated heterocycles. The van der Waals surface area contributed by atoms with Crippen molar-refractivity contribution in [3.63, 3.8) is 0 Å². The number of carbonyl (C=O) groups excluding carboxylic acids is 1. The van der Waals surface area contributed by atoms with Crippen LogP contribution in [0.15, 0.2) is 24.3 Å². The summed E-state index contributed by atoms with van der Waals surface area (Å²) in [6.45, 7) is 0. The van der Waals surface area contributed by atoms with E-state index >= 15 is 0 Å². The monoisotopic (exact) mass is 207 g/mol. The van der Waals surface area contributed by atoms with E-state index in [0.29, 0.717) is 12.3 Å². The van der Waals surface area contributed by atoms with Crippen molar-refractivity contribution in [1.82, 2.24) is 0 Å². The molecule has 0 aliphatic carbocycles. The van der Waals surface area contributed by atoms with Crippen LogP contribution in [0.5, 0.6) is 0 Å². The predicted molar refractivity (Wildman–Crippen MR) is 58.5 cm³/mol. The van der Waals surface area contributed by atoms with Crippen LogP contribution in [0.3, 0.4) is 0 Å². The van der Waals surface area contributed by atoms with E-state index in [4.69, 9.17) is 11.6 Å². The van der Waals surface area contributed by atoms with Crippen molar-refractivity contribution in [2.75, 3.05) is 11.2 Å². The Labute approximate surface area is 87.6 Å². The summed E-state index contributed by atoms with van der Waals surface area (Å²) in [7, 11) is 0. The number of carbonyl (C=O) groups is 1. The van der Waals surface area contributed by atoms with Crippen molar-refractivity contribution in [2.45, 2.75) is 6.42 Å². The van der Waals surface area contributed by atoms with Gasteiger partial charge in [0.25, 0.3) is 0 Å². The molecule has 1 N–H and O–H groups in total. The fraction of sp³-hybridized carbons (Fsp3) is 0.182. The SMILES string of the molecule is O=C1Cc2cc(C=CCCl)ccc2N1. The number of anilines is 1. The minimum Gasteiger partial charge on any atom is -0.326 e. The molecule has 2 rings (SSSR count). The number of benzene rings is 1. The van der Waals surface area contributed by atoms with E-state index in [9.17, 15) is 4.79 Å². The second-order valence-electron chi connectivity index (χ2n) is 3.20. The number of halogens is 1. The molecule has 0 atom stereocenters. The third kappa shape index (κ3) is 1.80. The lowest BCUT2D eigenvalue weighted by atomic mass is 10.1. The van der Waals surface area contributed by atoms with E-state index in [1.807, 2.05) is 30.4 Å². The van der Waals surface area contributed by atoms with Gasteiger partial charge in [-0.15, -0.1) is 11.6 Å². The van der Waals surface area contributed by atoms with Gasteiger partial charge in [-0.05, 0) is 23.3 Å². The Morgan fingerprint density at radius 2 is 2.36 bits per heavy atom. The van der Waals surface area contributed by atoms with Crippen LogP contribution in [0.25, 0.3) is 6.08 Å². The molecule has 1 amide bonds. The molecule has 1 aliphatic rings. The molecule has 0 radical (unpaired) electrons. The predicted octanol–water partition coefficient (Wildman–Crippen LogP) is 2.43. The molecular formula is C11H10ClNO. The molecule has 72 valence electrons. The Morgan fingerprint density at radius 1 is 1.50 bits per heavy atom. The van der Waals surface area contributed by atoms with Crippen LogP contribution in [0, 0.1) is 0 Å². The van der Waals surface area contributed by atoms with Crippen molar-refractivity contribution >= 4 is 29.3 Å². The average molecular weight is 208 g/mol. The van der Waals surface area contributed by atoms with E-state index in [2.05, 4.69) is 5.32 Å². The first-order valence-electron chi connectivity index (χ1n) is 4.45. The molecule has 2 nitrogen and oxygen atoms in total. The number of alkyl halides is 1. The maximum absolute atomic E-state index is 11.1. The molecule has 0 saturated carbocycles. The summed E-state index contributed by atoms with van der Waals surface area (Å²) in [5.41, 5.74) is 3.07. The van der Waals surface area contributed by atoms with Crippen molar-refractivity contribution < 1.29 is 4.79 Å². The second-order valence-corrected chi connectivity index (χ2v) is 3.51. The molecule has 0 spiro atoms. The van der Waals surface area contributed by atoms with Crippen molar-refractivity contribution in [3.05, 3.63) is 35.4 Å². The van der Waals surface area contributed by atoms with Crippen molar-refractivity contribution in [3.8, 4) is 0 Å². The molecule has 0 bridgehead atoms. The summed E-state index contributed by atoms with van der Waals surface area (Å²) >= 11 is 5.54. The van der Waals surface area contributed by atoms with Crippen LogP contribution in [-0.4, -0.2) is 11.8 Å². The summed E-state index contributed by atoms with van der Waals surface area (Å²) in [5, 5.41) is 2.79. The van der Waals surface area contributed by atoms with Gasteiger partial charge in [-0.3, -0.25) is 4.79 Å². The molecule has 0 aromatic heterocycles. The van der Waals surface area contributed by atoms with Gasteiger partial charge < -0.3 is 5.32 Å². The minimum absolute atomic E-state index is 0.0680. The van der Waals surface area contributed by atoms with Gasteiger partial charge in [0.2, 0.25) is 5.91 Å². The largest absolute Gasteiger partial charge is 0.326 e. The Morgan fingerprint density at radius 3 is 3.14 bits per heavy atom. The minimum atomic E-state index is 0.0680. The third-order valence-corrected chi connectivity index (χ3v) is 2.33. The highest BCUT2D eigenvalue weighted by Gasteiger charge is 2.16. The zero-order valence-electron chi connectivity index (χ0n) is 7.59. The smallest absolute Gasteiger partial charge is 0.228 e. The molecule has 3 heteroatoms. The normalized spacial score (nSPS) is 14.5. The fourth-order valence-electron chi connectivity index (χ4n) is 1.53. The van der Waals surface area contributed by atoms with Gasteiger partial charge >= 0.3 is 0 Å². The number of nitrogens with one attached hydrogen (secondary N) is 1. The van der Waals surface area contributed by atoms with Gasteiger partial charge in [0.1, 0.15) is 0 Å². The lowest BCUT2D eigenvalue weighted by Crippen LogP contribution is -2.03. The molecule has 14 heavy (non-hydrogen) atoms. The quantitative estimate of drug-likeness (QED) is 0.742. The van der Waals surface area contributed by atoms with E-state index in [1.54, 1.807) is 0 Å². The van der Waals surface area contributed by atoms with Gasteiger partial charge in [0, 0.05) is 11.6 Å². The highest BCUT2D eigenvalue weighted by Crippen LogP contribution is 2.24. The van der Waals surface area contributed by atoms with E-state index in [1.165, 1.54) is 0 Å². The Hall–Kier alpha value is -1.28. The highest BCUT2D eigenvalue weighted by atomic mass is 35.5. The van der Waals surface area contributed by atoms with Gasteiger partial charge in [-0.1, -0.05) is 18.2 Å². The average Bonchev–Trinajstić information content (AvgIpc) is 2.54. The lowest BCUT2D eigenvalue weighted by Gasteiger charge is -1.99. The first-order chi connectivity index (χ1) is 6.79. The Balaban J connectivity index is 2.28. The van der Waals surface area contributed by atoms with Gasteiger partial charge in [0.05, 0.1) is 6.42 Å². The van der Waals surface area contributed by atoms with E-state index < -0.39 is 0 Å². The van der Waals surface area contributed by atoms with E-state index in [-0.39, 0.29) is 5.91 Å². The molecular weight excluding hydrogens is 198 g/mol. The summed E-state index contributed by atoms with van der Waals surface area (Å²) in [6.07, 6.45) is 4.32. The zero-order chi connectivity index (χ0) is 9.97. The summed E-state index contributed by atoms with van der Waals surface area (Å²) in [6, 6.07) is 5.90. The summed E-state index contributed by atoms with van der Waals surface area (Å²) < 4.78 is 0. The number of rotatable bonds is 2. The molecule has 1 heterocycles. The number of hydrogen-bond donors (Lipinski definition) is 1. The van der Waals surface area contributed by atoms with Crippen LogP contribution >= 0.6 is 11.6 Å². The molecule has 0 unspecified atom stereocenters. The van der Waals surface area contributed by atoms with Crippen LogP contribution in [0.4, 0.5) is 5.69 Å². The number of fused-ring (bicyclic) bond motifs is 1. The highest BCUT2D eigenvalue weighted by molar-refractivity contribution is 6.19. The first kappa shape index (κ1) is 9.28. The topological polar surface area (TPSA) is 29.1 Å². The number of allylic oxidation sites excluding steroid dienone is 1. The van der Waals surface area contributed by atoms with Crippen molar-refractivity contribution in [2.24, 2.45) is 0 Å². The maximum Gasteiger partial charge on any atom is 0.228 e. The van der Waals surface area contributed by atoms with Crippen LogP contribution < -0.4 is 5.32 Å². The summed E-state index contributed by atoms with van der Waals surface area (Å²) in [5.74, 6) is 0.576. The van der Waals surface area contributed by atoms with Gasteiger partial charge in [-0.25, -0.2) is 0 Å². The molecule has 1 aromatic carbocycles. The van der Waals surface area contributed by atoms with E-state index in [0.717, 1.165) is 16.8 Å². The van der Waals surface area contributed by atoms with Crippen LogP contribution in [0.2, 0.25) is 0 Å². The maximum atomic E-state index is 11.1. The molecule has 0 fully saturated rings. The molecule has 1 aliphatic heterocycles. The zero-order valence-corrected chi connectivity index (χ0v) is 8.34. The Kier molecular flexibility index (Phi) is 2.55. The van der Waals surface area contributed by atoms with Crippen LogP contribution in [-0.2, 0) is 11.2 Å².